The molecular formula is C22H28N2O. The van der Waals surface area contributed by atoms with Crippen molar-refractivity contribution in [1.82, 2.24) is 4.90 Å². The molecule has 0 N–H and O–H groups in total. The maximum Gasteiger partial charge on any atom is 0.224 e. The number of piperidine rings is 1. The first kappa shape index (κ1) is 17.5. The predicted octanol–water partition coefficient (Wildman–Crippen LogP) is 4.34. The molecular weight excluding hydrogens is 308 g/mol. The summed E-state index contributed by atoms with van der Waals surface area (Å²) in [4.78, 5) is 16.9. The number of benzene rings is 2. The fourth-order valence-corrected chi connectivity index (χ4v) is 3.39. The van der Waals surface area contributed by atoms with E-state index in [9.17, 15) is 4.79 Å². The minimum Gasteiger partial charge on any atom is -0.367 e. The highest BCUT2D eigenvalue weighted by atomic mass is 16.2. The van der Waals surface area contributed by atoms with Crippen LogP contribution in [-0.2, 0) is 11.3 Å². The second kappa shape index (κ2) is 8.70. The van der Waals surface area contributed by atoms with Gasteiger partial charge >= 0.3 is 0 Å². The number of nitrogens with zero attached hydrogens (tertiary/aromatic N) is 2. The Labute approximate surface area is 151 Å². The van der Waals surface area contributed by atoms with Crippen LogP contribution in [0.15, 0.2) is 60.7 Å². The van der Waals surface area contributed by atoms with Crippen molar-refractivity contribution >= 4 is 11.6 Å². The lowest BCUT2D eigenvalue weighted by atomic mass is 9.99. The van der Waals surface area contributed by atoms with Crippen LogP contribution in [0, 0.1) is 5.92 Å². The summed E-state index contributed by atoms with van der Waals surface area (Å²) in [7, 11) is 0. The van der Waals surface area contributed by atoms with Gasteiger partial charge in [-0.1, -0.05) is 55.5 Å². The molecule has 0 saturated carbocycles. The smallest absolute Gasteiger partial charge is 0.224 e. The van der Waals surface area contributed by atoms with E-state index in [2.05, 4.69) is 60.4 Å². The quantitative estimate of drug-likeness (QED) is 0.783. The normalized spacial score (nSPS) is 15.2. The van der Waals surface area contributed by atoms with Crippen LogP contribution in [0.2, 0.25) is 0 Å². The monoisotopic (exact) mass is 336 g/mol. The standard InChI is InChI=1S/C22H28N2O/c1-19-12-15-23(16-13-19)22(25)14-17-24(21-10-6-3-7-11-21)18-20-8-4-2-5-9-20/h2-11,19H,12-18H2,1H3. The van der Waals surface area contributed by atoms with E-state index in [-0.39, 0.29) is 0 Å². The number of carbonyl (C=O) groups is 1. The van der Waals surface area contributed by atoms with E-state index >= 15 is 0 Å². The van der Waals surface area contributed by atoms with Gasteiger partial charge in [0.1, 0.15) is 0 Å². The third-order valence-corrected chi connectivity index (χ3v) is 5.07. The molecule has 1 aliphatic heterocycles. The van der Waals surface area contributed by atoms with Crippen molar-refractivity contribution in [2.75, 3.05) is 24.5 Å². The second-order valence-electron chi connectivity index (χ2n) is 7.06. The van der Waals surface area contributed by atoms with Gasteiger partial charge in [-0.15, -0.1) is 0 Å². The number of carbonyl (C=O) groups excluding carboxylic acids is 1. The summed E-state index contributed by atoms with van der Waals surface area (Å²) in [5.41, 5.74) is 2.44. The fraction of sp³-hybridized carbons (Fsp3) is 0.409. The molecule has 1 saturated heterocycles. The van der Waals surface area contributed by atoms with Crippen molar-refractivity contribution in [2.45, 2.75) is 32.7 Å². The van der Waals surface area contributed by atoms with Gasteiger partial charge in [-0.05, 0) is 36.5 Å². The van der Waals surface area contributed by atoms with Crippen LogP contribution in [-0.4, -0.2) is 30.4 Å². The number of anilines is 1. The summed E-state index contributed by atoms with van der Waals surface area (Å²) < 4.78 is 0. The van der Waals surface area contributed by atoms with Crippen molar-refractivity contribution in [2.24, 2.45) is 5.92 Å². The second-order valence-corrected chi connectivity index (χ2v) is 7.06. The van der Waals surface area contributed by atoms with Crippen LogP contribution in [0.5, 0.6) is 0 Å². The van der Waals surface area contributed by atoms with E-state index in [0.717, 1.165) is 44.9 Å². The zero-order valence-corrected chi connectivity index (χ0v) is 15.1. The summed E-state index contributed by atoms with van der Waals surface area (Å²) in [5.74, 6) is 1.05. The van der Waals surface area contributed by atoms with Crippen molar-refractivity contribution in [3.8, 4) is 0 Å². The van der Waals surface area contributed by atoms with Crippen LogP contribution in [0.25, 0.3) is 0 Å². The molecule has 0 atom stereocenters. The topological polar surface area (TPSA) is 23.6 Å². The van der Waals surface area contributed by atoms with E-state index in [0.29, 0.717) is 12.3 Å². The molecule has 0 aliphatic carbocycles. The van der Waals surface area contributed by atoms with Gasteiger partial charge in [0.05, 0.1) is 0 Å². The zero-order chi connectivity index (χ0) is 17.5. The Balaban J connectivity index is 1.62. The zero-order valence-electron chi connectivity index (χ0n) is 15.1. The van der Waals surface area contributed by atoms with Gasteiger partial charge in [-0.2, -0.15) is 0 Å². The Morgan fingerprint density at radius 1 is 1.00 bits per heavy atom. The van der Waals surface area contributed by atoms with Gasteiger partial charge in [0.25, 0.3) is 0 Å². The van der Waals surface area contributed by atoms with Crippen LogP contribution < -0.4 is 4.90 Å². The summed E-state index contributed by atoms with van der Waals surface area (Å²) in [6.07, 6.45) is 2.85. The van der Waals surface area contributed by atoms with Crippen molar-refractivity contribution in [3.05, 3.63) is 66.2 Å². The van der Waals surface area contributed by atoms with Gasteiger partial charge in [-0.3, -0.25) is 4.79 Å². The average molecular weight is 336 g/mol. The molecule has 2 aromatic rings. The molecule has 1 heterocycles. The molecule has 0 aromatic heterocycles. The van der Waals surface area contributed by atoms with Crippen LogP contribution in [0.3, 0.4) is 0 Å². The molecule has 2 aromatic carbocycles. The molecule has 25 heavy (non-hydrogen) atoms. The number of para-hydroxylation sites is 1. The van der Waals surface area contributed by atoms with Crippen LogP contribution in [0.1, 0.15) is 31.7 Å². The largest absolute Gasteiger partial charge is 0.367 e. The molecule has 0 bridgehead atoms. The van der Waals surface area contributed by atoms with Crippen LogP contribution >= 0.6 is 0 Å². The number of amides is 1. The molecule has 0 unspecified atom stereocenters. The SMILES string of the molecule is CC1CCN(C(=O)CCN(Cc2ccccc2)c2ccccc2)CC1. The van der Waals surface area contributed by atoms with E-state index in [1.807, 2.05) is 17.0 Å². The number of hydrogen-bond acceptors (Lipinski definition) is 2. The Morgan fingerprint density at radius 3 is 2.24 bits per heavy atom. The lowest BCUT2D eigenvalue weighted by Gasteiger charge is -2.31. The maximum atomic E-state index is 12.6. The third kappa shape index (κ3) is 5.09. The van der Waals surface area contributed by atoms with Gasteiger partial charge in [0, 0.05) is 38.3 Å². The Hall–Kier alpha value is -2.29. The summed E-state index contributed by atoms with van der Waals surface area (Å²) >= 11 is 0. The summed E-state index contributed by atoms with van der Waals surface area (Å²) in [5, 5.41) is 0. The van der Waals surface area contributed by atoms with E-state index in [4.69, 9.17) is 0 Å². The van der Waals surface area contributed by atoms with Gasteiger partial charge in [-0.25, -0.2) is 0 Å². The highest BCUT2D eigenvalue weighted by molar-refractivity contribution is 5.77. The van der Waals surface area contributed by atoms with Gasteiger partial charge < -0.3 is 9.80 Å². The third-order valence-electron chi connectivity index (χ3n) is 5.07. The molecule has 3 rings (SSSR count). The Kier molecular flexibility index (Phi) is 6.10. The molecule has 1 aliphatic rings. The van der Waals surface area contributed by atoms with E-state index in [1.54, 1.807) is 0 Å². The van der Waals surface area contributed by atoms with E-state index in [1.165, 1.54) is 11.3 Å². The Bertz CT molecular complexity index is 648. The lowest BCUT2D eigenvalue weighted by Crippen LogP contribution is -2.39. The first-order valence-corrected chi connectivity index (χ1v) is 9.34. The predicted molar refractivity (Wildman–Crippen MR) is 104 cm³/mol. The summed E-state index contributed by atoms with van der Waals surface area (Å²) in [6, 6.07) is 20.8. The van der Waals surface area contributed by atoms with Gasteiger partial charge in [0.2, 0.25) is 5.91 Å². The number of hydrogen-bond donors (Lipinski definition) is 0. The molecule has 0 spiro atoms. The first-order chi connectivity index (χ1) is 12.2. The summed E-state index contributed by atoms with van der Waals surface area (Å²) in [6.45, 7) is 5.70. The molecule has 1 amide bonds. The number of likely N-dealkylation sites (tertiary alicyclic amines) is 1. The molecule has 3 heteroatoms. The Morgan fingerprint density at radius 2 is 1.60 bits per heavy atom. The minimum absolute atomic E-state index is 0.292. The highest BCUT2D eigenvalue weighted by Crippen LogP contribution is 2.19. The van der Waals surface area contributed by atoms with Crippen molar-refractivity contribution in [1.29, 1.82) is 0 Å². The number of rotatable bonds is 6. The van der Waals surface area contributed by atoms with Gasteiger partial charge in [0.15, 0.2) is 0 Å². The maximum absolute atomic E-state index is 12.6. The highest BCUT2D eigenvalue weighted by Gasteiger charge is 2.20. The molecule has 0 radical (unpaired) electrons. The van der Waals surface area contributed by atoms with E-state index < -0.39 is 0 Å². The van der Waals surface area contributed by atoms with Crippen molar-refractivity contribution in [3.63, 3.8) is 0 Å². The average Bonchev–Trinajstić information content (AvgIpc) is 2.67. The fourth-order valence-electron chi connectivity index (χ4n) is 3.39. The lowest BCUT2D eigenvalue weighted by molar-refractivity contribution is -0.132. The minimum atomic E-state index is 0.292. The van der Waals surface area contributed by atoms with Crippen LogP contribution in [0.4, 0.5) is 5.69 Å². The molecule has 3 nitrogen and oxygen atoms in total. The van der Waals surface area contributed by atoms with Crippen molar-refractivity contribution < 1.29 is 4.79 Å². The molecule has 1 fully saturated rings. The molecule has 132 valence electrons. The first-order valence-electron chi connectivity index (χ1n) is 9.34.